The summed E-state index contributed by atoms with van der Waals surface area (Å²) in [5.41, 5.74) is 1.63. The van der Waals surface area contributed by atoms with Gasteiger partial charge in [-0.25, -0.2) is 4.98 Å². The summed E-state index contributed by atoms with van der Waals surface area (Å²) in [5, 5.41) is 0. The quantitative estimate of drug-likeness (QED) is 0.625. The first kappa shape index (κ1) is 9.32. The monoisotopic (exact) mass is 300 g/mol. The van der Waals surface area contributed by atoms with Crippen molar-refractivity contribution in [2.24, 2.45) is 0 Å². The average molecular weight is 300 g/mol. The minimum Gasteiger partial charge on any atom is -0.305 e. The molecular formula is C9H5IN2O2. The van der Waals surface area contributed by atoms with Crippen LogP contribution in [0.15, 0.2) is 18.5 Å². The summed E-state index contributed by atoms with van der Waals surface area (Å²) in [6.45, 7) is 0. The first-order valence-corrected chi connectivity index (χ1v) is 4.91. The van der Waals surface area contributed by atoms with E-state index in [0.29, 0.717) is 23.2 Å². The van der Waals surface area contributed by atoms with Crippen LogP contribution >= 0.6 is 22.6 Å². The summed E-state index contributed by atoms with van der Waals surface area (Å²) < 4.78 is 2.52. The second kappa shape index (κ2) is 3.49. The molecule has 2 aromatic heterocycles. The molecule has 70 valence electrons. The number of aromatic nitrogens is 2. The predicted molar refractivity (Wildman–Crippen MR) is 58.7 cm³/mol. The highest BCUT2D eigenvalue weighted by atomic mass is 127. The van der Waals surface area contributed by atoms with Crippen molar-refractivity contribution in [2.75, 3.05) is 0 Å². The Hall–Kier alpha value is -1.24. The Morgan fingerprint density at radius 1 is 1.29 bits per heavy atom. The lowest BCUT2D eigenvalue weighted by Gasteiger charge is -1.96. The van der Waals surface area contributed by atoms with Gasteiger partial charge in [-0.2, -0.15) is 0 Å². The topological polar surface area (TPSA) is 51.4 Å². The summed E-state index contributed by atoms with van der Waals surface area (Å²) in [4.78, 5) is 25.1. The van der Waals surface area contributed by atoms with Gasteiger partial charge in [0.2, 0.25) is 0 Å². The molecule has 0 N–H and O–H groups in total. The van der Waals surface area contributed by atoms with E-state index < -0.39 is 0 Å². The van der Waals surface area contributed by atoms with Crippen molar-refractivity contribution < 1.29 is 9.59 Å². The highest BCUT2D eigenvalue weighted by Crippen LogP contribution is 2.14. The van der Waals surface area contributed by atoms with E-state index >= 15 is 0 Å². The molecule has 2 rings (SSSR count). The molecule has 5 heteroatoms. The summed E-state index contributed by atoms with van der Waals surface area (Å²) in [5.74, 6) is 0. The van der Waals surface area contributed by atoms with Crippen LogP contribution in [0, 0.1) is 3.57 Å². The van der Waals surface area contributed by atoms with Gasteiger partial charge in [0.05, 0.1) is 3.57 Å². The molecule has 0 amide bonds. The summed E-state index contributed by atoms with van der Waals surface area (Å²) >= 11 is 2.08. The Bertz CT molecular complexity index is 519. The SMILES string of the molecule is O=Cc1cc(I)c2nc(C=O)cn2c1. The zero-order valence-corrected chi connectivity index (χ0v) is 9.13. The molecule has 0 aliphatic heterocycles. The average Bonchev–Trinajstić information content (AvgIpc) is 2.61. The molecule has 0 aliphatic rings. The fourth-order valence-corrected chi connectivity index (χ4v) is 1.98. The largest absolute Gasteiger partial charge is 0.305 e. The predicted octanol–water partition coefficient (Wildman–Crippen LogP) is 1.56. The van der Waals surface area contributed by atoms with E-state index in [0.717, 1.165) is 9.86 Å². The van der Waals surface area contributed by atoms with E-state index in [1.54, 1.807) is 22.9 Å². The molecule has 0 fully saturated rings. The van der Waals surface area contributed by atoms with Gasteiger partial charge in [0, 0.05) is 18.0 Å². The van der Waals surface area contributed by atoms with Crippen molar-refractivity contribution >= 4 is 40.8 Å². The smallest absolute Gasteiger partial charge is 0.170 e. The third-order valence-corrected chi connectivity index (χ3v) is 2.60. The minimum atomic E-state index is 0.367. The number of carbonyl (C=O) groups excluding carboxylic acids is 2. The molecule has 0 aliphatic carbocycles. The Morgan fingerprint density at radius 2 is 2.07 bits per heavy atom. The number of carbonyl (C=O) groups is 2. The van der Waals surface area contributed by atoms with Crippen LogP contribution in [0.2, 0.25) is 0 Å². The van der Waals surface area contributed by atoms with Crippen molar-refractivity contribution in [3.05, 3.63) is 33.3 Å². The van der Waals surface area contributed by atoms with Gasteiger partial charge in [0.1, 0.15) is 5.69 Å². The number of rotatable bonds is 2. The number of pyridine rings is 1. The van der Waals surface area contributed by atoms with Gasteiger partial charge in [-0.15, -0.1) is 0 Å². The number of fused-ring (bicyclic) bond motifs is 1. The molecule has 0 unspecified atom stereocenters. The van der Waals surface area contributed by atoms with Gasteiger partial charge in [-0.3, -0.25) is 9.59 Å². The number of hydrogen-bond acceptors (Lipinski definition) is 3. The molecule has 2 heterocycles. The molecule has 0 saturated heterocycles. The molecule has 0 aromatic carbocycles. The summed E-state index contributed by atoms with van der Waals surface area (Å²) in [7, 11) is 0. The Balaban J connectivity index is 2.79. The van der Waals surface area contributed by atoms with Gasteiger partial charge in [0.25, 0.3) is 0 Å². The third kappa shape index (κ3) is 1.43. The normalized spacial score (nSPS) is 10.4. The van der Waals surface area contributed by atoms with Crippen LogP contribution in [-0.2, 0) is 0 Å². The molecule has 0 atom stereocenters. The van der Waals surface area contributed by atoms with Crippen LogP contribution in [-0.4, -0.2) is 22.0 Å². The number of hydrogen-bond donors (Lipinski definition) is 0. The van der Waals surface area contributed by atoms with Crippen molar-refractivity contribution in [3.8, 4) is 0 Å². The van der Waals surface area contributed by atoms with E-state index in [4.69, 9.17) is 0 Å². The lowest BCUT2D eigenvalue weighted by molar-refractivity contribution is 0.111. The van der Waals surface area contributed by atoms with E-state index in [9.17, 15) is 9.59 Å². The standard InChI is InChI=1S/C9H5IN2O2/c10-8-1-6(4-13)2-12-3-7(5-14)11-9(8)12/h1-5H. The zero-order chi connectivity index (χ0) is 10.1. The number of halogens is 1. The van der Waals surface area contributed by atoms with E-state index in [1.165, 1.54) is 0 Å². The highest BCUT2D eigenvalue weighted by molar-refractivity contribution is 14.1. The maximum atomic E-state index is 10.6. The maximum Gasteiger partial charge on any atom is 0.170 e. The van der Waals surface area contributed by atoms with Crippen LogP contribution in [0.3, 0.4) is 0 Å². The lowest BCUT2D eigenvalue weighted by Crippen LogP contribution is -1.90. The number of imidazole rings is 1. The first-order chi connectivity index (χ1) is 6.74. The lowest BCUT2D eigenvalue weighted by atomic mass is 10.3. The van der Waals surface area contributed by atoms with Gasteiger partial charge in [0.15, 0.2) is 18.2 Å². The van der Waals surface area contributed by atoms with E-state index in [2.05, 4.69) is 27.6 Å². The van der Waals surface area contributed by atoms with Gasteiger partial charge in [-0.1, -0.05) is 0 Å². The van der Waals surface area contributed by atoms with Crippen LogP contribution in [0.5, 0.6) is 0 Å². The highest BCUT2D eigenvalue weighted by Gasteiger charge is 2.05. The number of nitrogens with zero attached hydrogens (tertiary/aromatic N) is 2. The molecule has 0 radical (unpaired) electrons. The summed E-state index contributed by atoms with van der Waals surface area (Å²) in [6, 6.07) is 1.73. The van der Waals surface area contributed by atoms with Crippen molar-refractivity contribution in [2.45, 2.75) is 0 Å². The minimum absolute atomic E-state index is 0.367. The van der Waals surface area contributed by atoms with Crippen molar-refractivity contribution in [1.29, 1.82) is 0 Å². The Kier molecular flexibility index (Phi) is 2.32. The van der Waals surface area contributed by atoms with Gasteiger partial charge >= 0.3 is 0 Å². The molecule has 0 bridgehead atoms. The second-order valence-corrected chi connectivity index (χ2v) is 3.92. The molecule has 14 heavy (non-hydrogen) atoms. The first-order valence-electron chi connectivity index (χ1n) is 3.83. The maximum absolute atomic E-state index is 10.6. The molecule has 2 aromatic rings. The fraction of sp³-hybridized carbons (Fsp3) is 0. The van der Waals surface area contributed by atoms with Crippen LogP contribution in [0.4, 0.5) is 0 Å². The van der Waals surface area contributed by atoms with Crippen LogP contribution in [0.1, 0.15) is 20.8 Å². The molecular weight excluding hydrogens is 295 g/mol. The van der Waals surface area contributed by atoms with Gasteiger partial charge < -0.3 is 4.40 Å². The van der Waals surface area contributed by atoms with Crippen molar-refractivity contribution in [3.63, 3.8) is 0 Å². The van der Waals surface area contributed by atoms with Crippen LogP contribution in [0.25, 0.3) is 5.65 Å². The third-order valence-electron chi connectivity index (χ3n) is 1.80. The fourth-order valence-electron chi connectivity index (χ4n) is 1.22. The molecule has 4 nitrogen and oxygen atoms in total. The van der Waals surface area contributed by atoms with Crippen molar-refractivity contribution in [1.82, 2.24) is 9.38 Å². The van der Waals surface area contributed by atoms with Gasteiger partial charge in [-0.05, 0) is 28.7 Å². The van der Waals surface area contributed by atoms with E-state index in [1.807, 2.05) is 0 Å². The summed E-state index contributed by atoms with van der Waals surface area (Å²) in [6.07, 6.45) is 4.69. The van der Waals surface area contributed by atoms with E-state index in [-0.39, 0.29) is 0 Å². The number of aldehydes is 2. The zero-order valence-electron chi connectivity index (χ0n) is 6.98. The molecule has 0 spiro atoms. The second-order valence-electron chi connectivity index (χ2n) is 2.75. The molecule has 0 saturated carbocycles. The van der Waals surface area contributed by atoms with Crippen LogP contribution < -0.4 is 0 Å². The Morgan fingerprint density at radius 3 is 2.71 bits per heavy atom. The Labute approximate surface area is 93.1 Å².